The van der Waals surface area contributed by atoms with Crippen molar-refractivity contribution in [2.24, 2.45) is 5.73 Å². The topological polar surface area (TPSA) is 100 Å². The predicted molar refractivity (Wildman–Crippen MR) is 183 cm³/mol. The van der Waals surface area contributed by atoms with E-state index >= 15 is 0 Å². The first-order chi connectivity index (χ1) is 20.7. The van der Waals surface area contributed by atoms with Gasteiger partial charge in [0.25, 0.3) is 0 Å². The Hall–Kier alpha value is -2.01. The number of nitrogens with zero attached hydrogens (tertiary/aromatic N) is 8. The molecule has 5 aromatic heterocycles. The number of rotatable bonds is 8. The quantitative estimate of drug-likeness (QED) is 0.195. The number of hydrogen-bond acceptors (Lipinski definition) is 14. The molecule has 0 amide bonds. The summed E-state index contributed by atoms with van der Waals surface area (Å²) in [6.45, 7) is 18.7. The van der Waals surface area contributed by atoms with Gasteiger partial charge in [-0.1, -0.05) is 6.92 Å². The minimum absolute atomic E-state index is 0.617. The first kappa shape index (κ1) is 33.9. The number of nitrogens with two attached hydrogens (primary N) is 1. The van der Waals surface area contributed by atoms with E-state index in [0.29, 0.717) is 6.54 Å². The summed E-state index contributed by atoms with van der Waals surface area (Å²) >= 11 is 8.81. The van der Waals surface area contributed by atoms with Gasteiger partial charge in [0.2, 0.25) is 0 Å². The molecule has 6 heterocycles. The Morgan fingerprint density at radius 2 is 0.791 bits per heavy atom. The van der Waals surface area contributed by atoms with Gasteiger partial charge in [-0.05, 0) is 41.0 Å². The molecule has 5 aromatic rings. The first-order valence-corrected chi connectivity index (χ1v) is 18.2. The van der Waals surface area contributed by atoms with Crippen molar-refractivity contribution in [3.8, 4) is 0 Å². The lowest BCUT2D eigenvalue weighted by Crippen LogP contribution is -2.53. The zero-order valence-corrected chi connectivity index (χ0v) is 29.8. The maximum atomic E-state index is 5.33. The lowest BCUT2D eigenvalue weighted by molar-refractivity contribution is -0.0410. The Kier molecular flexibility index (Phi) is 13.3. The summed E-state index contributed by atoms with van der Waals surface area (Å²) in [5.41, 5.74) is 5.33. The fourth-order valence-electron chi connectivity index (χ4n) is 4.45. The van der Waals surface area contributed by atoms with Gasteiger partial charge in [-0.2, -0.15) is 0 Å². The third-order valence-electron chi connectivity index (χ3n) is 6.23. The van der Waals surface area contributed by atoms with Crippen LogP contribution in [0.3, 0.4) is 0 Å². The lowest BCUT2D eigenvalue weighted by Gasteiger charge is -2.41. The number of aromatic nitrogens is 5. The molecule has 0 unspecified atom stereocenters. The monoisotopic (exact) mass is 675 g/mol. The van der Waals surface area contributed by atoms with Crippen molar-refractivity contribution < 1.29 is 0 Å². The molecule has 2 N–H and O–H groups in total. The molecule has 0 bridgehead atoms. The molecule has 0 atom stereocenters. The molecular formula is C29H41N9S5. The summed E-state index contributed by atoms with van der Waals surface area (Å²) in [4.78, 5) is 35.4. The summed E-state index contributed by atoms with van der Waals surface area (Å²) in [6, 6.07) is 0. The predicted octanol–water partition coefficient (Wildman–Crippen LogP) is 6.60. The molecular weight excluding hydrogens is 635 g/mol. The van der Waals surface area contributed by atoms with E-state index in [2.05, 4.69) is 67.3 Å². The highest BCUT2D eigenvalue weighted by Crippen LogP contribution is 2.22. The van der Waals surface area contributed by atoms with Gasteiger partial charge in [0.05, 0.1) is 45.0 Å². The van der Waals surface area contributed by atoms with Crippen LogP contribution in [-0.2, 0) is 32.6 Å². The third kappa shape index (κ3) is 11.5. The van der Waals surface area contributed by atoms with Gasteiger partial charge in [-0.3, -0.25) is 14.7 Å². The Labute approximate surface area is 275 Å². The van der Waals surface area contributed by atoms with Crippen molar-refractivity contribution in [1.82, 2.24) is 39.6 Å². The molecule has 1 aliphatic heterocycles. The van der Waals surface area contributed by atoms with E-state index < -0.39 is 0 Å². The minimum atomic E-state index is 0.617. The highest BCUT2D eigenvalue weighted by molar-refractivity contribution is 7.12. The summed E-state index contributed by atoms with van der Waals surface area (Å²) in [5.74, 6) is 0. The maximum Gasteiger partial charge on any atom is 0.0897 e. The Bertz CT molecular complexity index is 1360. The van der Waals surface area contributed by atoms with E-state index in [1.165, 1.54) is 24.5 Å². The van der Waals surface area contributed by atoms with Gasteiger partial charge >= 0.3 is 0 Å². The molecule has 0 saturated carbocycles. The van der Waals surface area contributed by atoms with Crippen LogP contribution >= 0.6 is 56.7 Å². The Balaban J connectivity index is 0.000000215. The highest BCUT2D eigenvalue weighted by Gasteiger charge is 2.25. The average Bonchev–Trinajstić information content (AvgIpc) is 3.81. The van der Waals surface area contributed by atoms with Crippen molar-refractivity contribution >= 4 is 56.7 Å². The molecule has 43 heavy (non-hydrogen) atoms. The normalized spacial score (nSPS) is 14.3. The van der Waals surface area contributed by atoms with Crippen LogP contribution in [0.25, 0.3) is 0 Å². The highest BCUT2D eigenvalue weighted by atomic mass is 32.1. The van der Waals surface area contributed by atoms with Gasteiger partial charge in [0.15, 0.2) is 0 Å². The van der Waals surface area contributed by atoms with Crippen molar-refractivity contribution in [2.75, 3.05) is 20.0 Å². The van der Waals surface area contributed by atoms with E-state index in [1.54, 1.807) is 56.7 Å². The smallest absolute Gasteiger partial charge is 0.0897 e. The van der Waals surface area contributed by atoms with Crippen LogP contribution in [0.4, 0.5) is 0 Å². The fraction of sp³-hybridized carbons (Fsp3) is 0.483. The van der Waals surface area contributed by atoms with E-state index in [0.717, 1.165) is 71.0 Å². The zero-order chi connectivity index (χ0) is 30.8. The van der Waals surface area contributed by atoms with Crippen LogP contribution in [0.2, 0.25) is 0 Å². The summed E-state index contributed by atoms with van der Waals surface area (Å²) in [7, 11) is 0. The molecule has 232 valence electrons. The average molecular weight is 676 g/mol. The molecule has 0 aliphatic carbocycles. The fourth-order valence-corrected chi connectivity index (χ4v) is 8.37. The SMILES string of the molecule is CCc1cnc(C)s1.Cc1ncc(CN)s1.Cc1ncc(CN2CN(Cc3cnc(C)s3)CN(Cc3cnc(C)s3)C2)s1. The first-order valence-electron chi connectivity index (χ1n) is 14.1. The zero-order valence-electron chi connectivity index (χ0n) is 25.7. The molecule has 0 radical (unpaired) electrons. The van der Waals surface area contributed by atoms with Crippen LogP contribution in [0.5, 0.6) is 0 Å². The van der Waals surface area contributed by atoms with Crippen molar-refractivity contribution in [2.45, 2.75) is 74.1 Å². The van der Waals surface area contributed by atoms with Crippen molar-refractivity contribution in [1.29, 1.82) is 0 Å². The molecule has 6 rings (SSSR count). The minimum Gasteiger partial charge on any atom is -0.326 e. The van der Waals surface area contributed by atoms with Crippen molar-refractivity contribution in [3.63, 3.8) is 0 Å². The maximum absolute atomic E-state index is 5.33. The lowest BCUT2D eigenvalue weighted by atomic mass is 10.4. The van der Waals surface area contributed by atoms with E-state index in [1.807, 2.05) is 44.8 Å². The van der Waals surface area contributed by atoms with Crippen LogP contribution in [0.15, 0.2) is 31.0 Å². The van der Waals surface area contributed by atoms with Gasteiger partial charge in [-0.25, -0.2) is 24.9 Å². The Morgan fingerprint density at radius 1 is 0.512 bits per heavy atom. The van der Waals surface area contributed by atoms with Gasteiger partial charge < -0.3 is 5.73 Å². The van der Waals surface area contributed by atoms with E-state index in [4.69, 9.17) is 5.73 Å². The summed E-state index contributed by atoms with van der Waals surface area (Å²) in [6.07, 6.45) is 10.9. The Morgan fingerprint density at radius 3 is 0.977 bits per heavy atom. The standard InChI is InChI=1S/C18H24N6S3.C6H9NS.C5H8N2S/c1-13-19-4-16(25-13)7-22-10-23(8-17-5-20-14(2)26-17)12-24(11-22)9-18-6-21-15(3)27-18;1-3-6-4-7-5(2)8-6;1-4-7-3-5(2-6)8-4/h4-6H,7-12H2,1-3H3;4H,3H2,1-2H3;3H,2,6H2,1H3. The number of aryl methyl sites for hydroxylation is 6. The van der Waals surface area contributed by atoms with E-state index in [9.17, 15) is 0 Å². The molecule has 9 nitrogen and oxygen atoms in total. The third-order valence-corrected chi connectivity index (χ3v) is 10.9. The van der Waals surface area contributed by atoms with Gasteiger partial charge in [0.1, 0.15) is 0 Å². The second-order valence-electron chi connectivity index (χ2n) is 10.2. The van der Waals surface area contributed by atoms with E-state index in [-0.39, 0.29) is 0 Å². The molecule has 1 aliphatic rings. The molecule has 0 aromatic carbocycles. The van der Waals surface area contributed by atoms with Crippen LogP contribution in [-0.4, -0.2) is 59.6 Å². The number of thiazole rings is 5. The largest absolute Gasteiger partial charge is 0.326 e. The molecule has 14 heteroatoms. The van der Waals surface area contributed by atoms with Crippen LogP contribution in [0, 0.1) is 34.6 Å². The van der Waals surface area contributed by atoms with Crippen LogP contribution < -0.4 is 5.73 Å². The molecule has 1 fully saturated rings. The molecule has 1 saturated heterocycles. The van der Waals surface area contributed by atoms with Gasteiger partial charge in [-0.15, -0.1) is 56.7 Å². The number of hydrogen-bond donors (Lipinski definition) is 1. The molecule has 0 spiro atoms. The second kappa shape index (κ2) is 16.9. The van der Waals surface area contributed by atoms with Crippen molar-refractivity contribution in [3.05, 3.63) is 80.4 Å². The summed E-state index contributed by atoms with van der Waals surface area (Å²) < 4.78 is 0. The van der Waals surface area contributed by atoms with Crippen LogP contribution in [0.1, 0.15) is 56.3 Å². The van der Waals surface area contributed by atoms with Gasteiger partial charge in [0, 0.05) is 81.5 Å². The second-order valence-corrected chi connectivity index (χ2v) is 16.8. The summed E-state index contributed by atoms with van der Waals surface area (Å²) in [5, 5.41) is 5.66.